The van der Waals surface area contributed by atoms with Crippen LogP contribution in [-0.4, -0.2) is 33.0 Å². The van der Waals surface area contributed by atoms with Crippen LogP contribution in [-0.2, 0) is 17.9 Å². The van der Waals surface area contributed by atoms with Gasteiger partial charge in [0, 0.05) is 24.3 Å². The smallest absolute Gasteiger partial charge is 0.227 e. The molecule has 32 heavy (non-hydrogen) atoms. The van der Waals surface area contributed by atoms with E-state index in [9.17, 15) is 4.79 Å². The van der Waals surface area contributed by atoms with Crippen LogP contribution in [0.3, 0.4) is 0 Å². The summed E-state index contributed by atoms with van der Waals surface area (Å²) in [6, 6.07) is 13.8. The third-order valence-corrected chi connectivity index (χ3v) is 5.73. The zero-order valence-corrected chi connectivity index (χ0v) is 18.6. The van der Waals surface area contributed by atoms with Crippen LogP contribution in [0.25, 0.3) is 5.65 Å². The number of aliphatic imine (C=N–C) groups is 1. The van der Waals surface area contributed by atoms with Crippen LogP contribution in [0.1, 0.15) is 50.4 Å². The molecule has 8 heteroatoms. The Bertz CT molecular complexity index is 1070. The largest absolute Gasteiger partial charge is 0.357 e. The molecule has 168 valence electrons. The predicted molar refractivity (Wildman–Crippen MR) is 126 cm³/mol. The monoisotopic (exact) mass is 433 g/mol. The molecular weight excluding hydrogens is 402 g/mol. The molecule has 3 aromatic rings. The van der Waals surface area contributed by atoms with Gasteiger partial charge in [0.15, 0.2) is 17.4 Å². The van der Waals surface area contributed by atoms with E-state index in [1.54, 1.807) is 0 Å². The summed E-state index contributed by atoms with van der Waals surface area (Å²) >= 11 is 0. The minimum atomic E-state index is 0.140. The van der Waals surface area contributed by atoms with Gasteiger partial charge in [0.1, 0.15) is 0 Å². The first-order valence-electron chi connectivity index (χ1n) is 11.4. The summed E-state index contributed by atoms with van der Waals surface area (Å²) in [5.41, 5.74) is 2.69. The van der Waals surface area contributed by atoms with E-state index in [1.807, 2.05) is 60.0 Å². The lowest BCUT2D eigenvalue weighted by atomic mass is 9.88. The summed E-state index contributed by atoms with van der Waals surface area (Å²) in [5.74, 6) is 1.81. The minimum Gasteiger partial charge on any atom is -0.357 e. The number of nitrogens with zero attached hydrogens (tertiary/aromatic N) is 4. The molecule has 2 heterocycles. The molecule has 4 rings (SSSR count). The number of hydrogen-bond acceptors (Lipinski definition) is 4. The molecule has 0 radical (unpaired) electrons. The fourth-order valence-electron chi connectivity index (χ4n) is 4.04. The molecule has 0 unspecified atom stereocenters. The van der Waals surface area contributed by atoms with Crippen molar-refractivity contribution >= 4 is 23.2 Å². The van der Waals surface area contributed by atoms with Gasteiger partial charge in [-0.3, -0.25) is 9.20 Å². The normalized spacial score (nSPS) is 15.0. The maximum absolute atomic E-state index is 12.5. The average Bonchev–Trinajstić information content (AvgIpc) is 3.25. The Hall–Kier alpha value is -3.42. The molecule has 0 atom stereocenters. The molecule has 0 bridgehead atoms. The van der Waals surface area contributed by atoms with Crippen molar-refractivity contribution < 1.29 is 4.79 Å². The second-order valence-electron chi connectivity index (χ2n) is 8.12. The zero-order valence-electron chi connectivity index (χ0n) is 18.6. The van der Waals surface area contributed by atoms with Crippen LogP contribution in [0.15, 0.2) is 53.7 Å². The second-order valence-corrected chi connectivity index (χ2v) is 8.12. The van der Waals surface area contributed by atoms with Crippen molar-refractivity contribution in [2.24, 2.45) is 10.9 Å². The van der Waals surface area contributed by atoms with Crippen LogP contribution in [0.5, 0.6) is 0 Å². The van der Waals surface area contributed by atoms with E-state index in [1.165, 1.54) is 6.42 Å². The first-order chi connectivity index (χ1) is 15.7. The van der Waals surface area contributed by atoms with E-state index in [0.29, 0.717) is 19.0 Å². The van der Waals surface area contributed by atoms with Gasteiger partial charge in [0.25, 0.3) is 0 Å². The first kappa shape index (κ1) is 21.8. The Kier molecular flexibility index (Phi) is 7.32. The molecule has 2 aromatic heterocycles. The lowest BCUT2D eigenvalue weighted by Crippen LogP contribution is -2.37. The highest BCUT2D eigenvalue weighted by Crippen LogP contribution is 2.25. The third-order valence-electron chi connectivity index (χ3n) is 5.73. The SMILES string of the molecule is CCNC(=NCc1cccc(NC(=O)C2CCCCC2)c1)NCc1nnc2ccccn12. The van der Waals surface area contributed by atoms with Gasteiger partial charge in [0.05, 0.1) is 13.1 Å². The van der Waals surface area contributed by atoms with Gasteiger partial charge < -0.3 is 16.0 Å². The molecule has 3 N–H and O–H groups in total. The summed E-state index contributed by atoms with van der Waals surface area (Å²) in [7, 11) is 0. The number of rotatable bonds is 7. The number of anilines is 1. The Morgan fingerprint density at radius 2 is 1.97 bits per heavy atom. The lowest BCUT2D eigenvalue weighted by molar-refractivity contribution is -0.120. The Morgan fingerprint density at radius 3 is 2.81 bits per heavy atom. The van der Waals surface area contributed by atoms with Crippen molar-refractivity contribution in [3.63, 3.8) is 0 Å². The first-order valence-corrected chi connectivity index (χ1v) is 11.4. The Balaban J connectivity index is 1.37. The summed E-state index contributed by atoms with van der Waals surface area (Å²) in [6.45, 7) is 3.80. The molecule has 0 aliphatic heterocycles. The quantitative estimate of drug-likeness (QED) is 0.391. The van der Waals surface area contributed by atoms with E-state index >= 15 is 0 Å². The maximum atomic E-state index is 12.5. The number of carbonyl (C=O) groups is 1. The highest BCUT2D eigenvalue weighted by Gasteiger charge is 2.21. The number of guanidine groups is 1. The van der Waals surface area contributed by atoms with Crippen molar-refractivity contribution in [3.8, 4) is 0 Å². The summed E-state index contributed by atoms with van der Waals surface area (Å²) in [5, 5.41) is 18.1. The van der Waals surface area contributed by atoms with Crippen LogP contribution < -0.4 is 16.0 Å². The van der Waals surface area contributed by atoms with Crippen molar-refractivity contribution in [1.82, 2.24) is 25.2 Å². The van der Waals surface area contributed by atoms with E-state index in [0.717, 1.165) is 55.0 Å². The fraction of sp³-hybridized carbons (Fsp3) is 0.417. The molecule has 1 aliphatic carbocycles. The highest BCUT2D eigenvalue weighted by atomic mass is 16.1. The molecule has 1 fully saturated rings. The van der Waals surface area contributed by atoms with Gasteiger partial charge in [0.2, 0.25) is 5.91 Å². The van der Waals surface area contributed by atoms with E-state index in [4.69, 9.17) is 4.99 Å². The standard InChI is InChI=1S/C24H31N7O/c1-2-25-24(27-17-22-30-29-21-13-6-7-14-31(21)22)26-16-18-9-8-12-20(15-18)28-23(32)19-10-4-3-5-11-19/h6-9,12-15,19H,2-5,10-11,16-17H2,1H3,(H,28,32)(H2,25,26,27). The Labute approximate surface area is 188 Å². The molecule has 0 saturated heterocycles. The minimum absolute atomic E-state index is 0.140. The highest BCUT2D eigenvalue weighted by molar-refractivity contribution is 5.92. The summed E-state index contributed by atoms with van der Waals surface area (Å²) in [4.78, 5) is 17.2. The molecule has 1 saturated carbocycles. The number of pyridine rings is 1. The fourth-order valence-corrected chi connectivity index (χ4v) is 4.04. The number of aromatic nitrogens is 3. The summed E-state index contributed by atoms with van der Waals surface area (Å²) in [6.07, 6.45) is 7.48. The van der Waals surface area contributed by atoms with Crippen molar-refractivity contribution in [3.05, 3.63) is 60.0 Å². The van der Waals surface area contributed by atoms with Crippen LogP contribution in [0, 0.1) is 5.92 Å². The number of nitrogens with one attached hydrogen (secondary N) is 3. The van der Waals surface area contributed by atoms with Gasteiger partial charge in [-0.1, -0.05) is 37.5 Å². The average molecular weight is 434 g/mol. The number of fused-ring (bicyclic) bond motifs is 1. The third kappa shape index (κ3) is 5.63. The van der Waals surface area contributed by atoms with Gasteiger partial charge in [-0.25, -0.2) is 4.99 Å². The van der Waals surface area contributed by atoms with E-state index in [-0.39, 0.29) is 11.8 Å². The Morgan fingerprint density at radius 1 is 1.09 bits per heavy atom. The number of carbonyl (C=O) groups excluding carboxylic acids is 1. The number of benzene rings is 1. The van der Waals surface area contributed by atoms with Gasteiger partial charge >= 0.3 is 0 Å². The molecule has 0 spiro atoms. The second kappa shape index (κ2) is 10.7. The molecule has 1 aromatic carbocycles. The van der Waals surface area contributed by atoms with Gasteiger partial charge in [-0.05, 0) is 49.6 Å². The maximum Gasteiger partial charge on any atom is 0.227 e. The van der Waals surface area contributed by atoms with E-state index in [2.05, 4.69) is 26.1 Å². The summed E-state index contributed by atoms with van der Waals surface area (Å²) < 4.78 is 1.95. The van der Waals surface area contributed by atoms with Crippen molar-refractivity contribution in [2.75, 3.05) is 11.9 Å². The van der Waals surface area contributed by atoms with Crippen LogP contribution in [0.2, 0.25) is 0 Å². The number of amides is 1. The topological polar surface area (TPSA) is 95.7 Å². The number of hydrogen-bond donors (Lipinski definition) is 3. The molecule has 1 amide bonds. The molecule has 1 aliphatic rings. The van der Waals surface area contributed by atoms with Crippen LogP contribution >= 0.6 is 0 Å². The van der Waals surface area contributed by atoms with Crippen molar-refractivity contribution in [1.29, 1.82) is 0 Å². The predicted octanol–water partition coefficient (Wildman–Crippen LogP) is 3.50. The van der Waals surface area contributed by atoms with Crippen LogP contribution in [0.4, 0.5) is 5.69 Å². The van der Waals surface area contributed by atoms with E-state index < -0.39 is 0 Å². The molecular formula is C24H31N7O. The molecule has 8 nitrogen and oxygen atoms in total. The van der Waals surface area contributed by atoms with Crippen molar-refractivity contribution in [2.45, 2.75) is 52.1 Å². The lowest BCUT2D eigenvalue weighted by Gasteiger charge is -2.20. The van der Waals surface area contributed by atoms with Gasteiger partial charge in [-0.15, -0.1) is 10.2 Å². The van der Waals surface area contributed by atoms with Gasteiger partial charge in [-0.2, -0.15) is 0 Å². The zero-order chi connectivity index (χ0) is 22.2.